The summed E-state index contributed by atoms with van der Waals surface area (Å²) in [5.74, 6) is 0.916. The molecule has 0 radical (unpaired) electrons. The van der Waals surface area contributed by atoms with Crippen LogP contribution in [-0.2, 0) is 9.53 Å². The van der Waals surface area contributed by atoms with Crippen LogP contribution in [0.4, 0.5) is 5.95 Å². The minimum absolute atomic E-state index is 0.119. The number of pyridine rings is 1. The van der Waals surface area contributed by atoms with Crippen molar-refractivity contribution in [3.8, 4) is 11.3 Å². The summed E-state index contributed by atoms with van der Waals surface area (Å²) in [6.07, 6.45) is 11.6. The molecule has 32 heavy (non-hydrogen) atoms. The van der Waals surface area contributed by atoms with E-state index in [9.17, 15) is 4.79 Å². The van der Waals surface area contributed by atoms with Gasteiger partial charge in [-0.2, -0.15) is 0 Å². The second-order valence-electron chi connectivity index (χ2n) is 9.08. The van der Waals surface area contributed by atoms with Gasteiger partial charge in [0.15, 0.2) is 0 Å². The molecule has 2 aromatic rings. The molecule has 4 heterocycles. The molecule has 8 heteroatoms. The average Bonchev–Trinajstić information content (AvgIpc) is 3.34. The number of hydrogen-bond acceptors (Lipinski definition) is 7. The van der Waals surface area contributed by atoms with E-state index in [0.717, 1.165) is 82.8 Å². The van der Waals surface area contributed by atoms with Crippen LogP contribution in [0.2, 0.25) is 0 Å². The van der Waals surface area contributed by atoms with Crippen LogP contribution in [0, 0.1) is 0 Å². The van der Waals surface area contributed by atoms with Gasteiger partial charge >= 0.3 is 0 Å². The summed E-state index contributed by atoms with van der Waals surface area (Å²) in [6.45, 7) is 4.71. The van der Waals surface area contributed by atoms with E-state index in [-0.39, 0.29) is 17.5 Å². The molecule has 1 atom stereocenters. The van der Waals surface area contributed by atoms with Crippen molar-refractivity contribution in [1.29, 1.82) is 0 Å². The topological polar surface area (TPSA) is 83.5 Å². The molecule has 0 spiro atoms. The molecule has 1 amide bonds. The lowest BCUT2D eigenvalue weighted by atomic mass is 9.79. The lowest BCUT2D eigenvalue weighted by Crippen LogP contribution is -2.63. The molecule has 3 aliphatic rings. The molecule has 2 aliphatic heterocycles. The van der Waals surface area contributed by atoms with Crippen LogP contribution in [0.3, 0.4) is 0 Å². The van der Waals surface area contributed by atoms with E-state index in [1.165, 1.54) is 6.42 Å². The van der Waals surface area contributed by atoms with Crippen LogP contribution in [0.15, 0.2) is 36.8 Å². The smallest absolute Gasteiger partial charge is 0.240 e. The number of aromatic nitrogens is 3. The SMILES string of the molecule is O=C(NC1CCN(c2nccc(-c3cccnc3)n2)C1)C1(N2CCOCC2)CCCCC1. The summed E-state index contributed by atoms with van der Waals surface area (Å²) in [6, 6.07) is 5.94. The molecule has 1 saturated carbocycles. The second kappa shape index (κ2) is 9.50. The van der Waals surface area contributed by atoms with Gasteiger partial charge in [0.2, 0.25) is 11.9 Å². The zero-order chi connectivity index (χ0) is 21.8. The summed E-state index contributed by atoms with van der Waals surface area (Å²) in [7, 11) is 0. The molecule has 1 unspecified atom stereocenters. The van der Waals surface area contributed by atoms with Gasteiger partial charge in [-0.25, -0.2) is 9.97 Å². The molecule has 1 N–H and O–H groups in total. The Kier molecular flexibility index (Phi) is 6.32. The first kappa shape index (κ1) is 21.3. The first-order valence-corrected chi connectivity index (χ1v) is 11.9. The molecular formula is C24H32N6O2. The highest BCUT2D eigenvalue weighted by molar-refractivity contribution is 5.87. The fourth-order valence-electron chi connectivity index (χ4n) is 5.37. The zero-order valence-corrected chi connectivity index (χ0v) is 18.6. The molecule has 0 aromatic carbocycles. The van der Waals surface area contributed by atoms with Gasteiger partial charge in [-0.1, -0.05) is 19.3 Å². The molecule has 8 nitrogen and oxygen atoms in total. The third-order valence-electron chi connectivity index (χ3n) is 7.13. The number of carbonyl (C=O) groups excluding carboxylic acids is 1. The Morgan fingerprint density at radius 2 is 1.94 bits per heavy atom. The summed E-state index contributed by atoms with van der Waals surface area (Å²) in [5, 5.41) is 3.40. The van der Waals surface area contributed by atoms with E-state index < -0.39 is 0 Å². The first-order valence-electron chi connectivity index (χ1n) is 11.9. The van der Waals surface area contributed by atoms with Crippen LogP contribution < -0.4 is 10.2 Å². The lowest BCUT2D eigenvalue weighted by molar-refractivity contribution is -0.140. The van der Waals surface area contributed by atoms with Crippen LogP contribution in [0.25, 0.3) is 11.3 Å². The predicted molar refractivity (Wildman–Crippen MR) is 122 cm³/mol. The van der Waals surface area contributed by atoms with Gasteiger partial charge in [-0.05, 0) is 37.5 Å². The van der Waals surface area contributed by atoms with Crippen LogP contribution >= 0.6 is 0 Å². The van der Waals surface area contributed by atoms with E-state index >= 15 is 0 Å². The number of ether oxygens (including phenoxy) is 1. The normalized spacial score (nSPS) is 23.8. The third kappa shape index (κ3) is 4.34. The molecule has 1 aliphatic carbocycles. The predicted octanol–water partition coefficient (Wildman–Crippen LogP) is 2.27. The van der Waals surface area contributed by atoms with Crippen molar-refractivity contribution in [2.45, 2.75) is 50.1 Å². The van der Waals surface area contributed by atoms with Gasteiger partial charge in [0.1, 0.15) is 5.54 Å². The Morgan fingerprint density at radius 3 is 2.72 bits per heavy atom. The van der Waals surface area contributed by atoms with Crippen LogP contribution in [-0.4, -0.2) is 76.7 Å². The van der Waals surface area contributed by atoms with Crippen molar-refractivity contribution in [3.63, 3.8) is 0 Å². The Hall–Kier alpha value is -2.58. The number of nitrogens with zero attached hydrogens (tertiary/aromatic N) is 5. The number of hydrogen-bond donors (Lipinski definition) is 1. The van der Waals surface area contributed by atoms with E-state index in [0.29, 0.717) is 5.95 Å². The lowest BCUT2D eigenvalue weighted by Gasteiger charge is -2.47. The van der Waals surface area contributed by atoms with Gasteiger partial charge < -0.3 is 15.0 Å². The molecule has 170 valence electrons. The number of rotatable bonds is 5. The molecule has 2 aromatic heterocycles. The Balaban J connectivity index is 1.26. The van der Waals surface area contributed by atoms with Crippen LogP contribution in [0.5, 0.6) is 0 Å². The maximum absolute atomic E-state index is 13.6. The average molecular weight is 437 g/mol. The zero-order valence-electron chi connectivity index (χ0n) is 18.6. The summed E-state index contributed by atoms with van der Waals surface area (Å²) in [4.78, 5) is 31.6. The highest BCUT2D eigenvalue weighted by Gasteiger charge is 2.46. The maximum atomic E-state index is 13.6. The third-order valence-corrected chi connectivity index (χ3v) is 7.13. The monoisotopic (exact) mass is 436 g/mol. The first-order chi connectivity index (χ1) is 15.7. The van der Waals surface area contributed by atoms with Gasteiger partial charge in [-0.3, -0.25) is 14.7 Å². The summed E-state index contributed by atoms with van der Waals surface area (Å²) >= 11 is 0. The van der Waals surface area contributed by atoms with E-state index in [2.05, 4.69) is 25.1 Å². The van der Waals surface area contributed by atoms with Gasteiger partial charge in [0.05, 0.1) is 18.9 Å². The molecular weight excluding hydrogens is 404 g/mol. The highest BCUT2D eigenvalue weighted by atomic mass is 16.5. The minimum Gasteiger partial charge on any atom is -0.379 e. The van der Waals surface area contributed by atoms with Crippen molar-refractivity contribution < 1.29 is 9.53 Å². The minimum atomic E-state index is -0.369. The highest BCUT2D eigenvalue weighted by Crippen LogP contribution is 2.35. The number of morpholine rings is 1. The molecule has 5 rings (SSSR count). The fourth-order valence-corrected chi connectivity index (χ4v) is 5.37. The van der Waals surface area contributed by atoms with Crippen molar-refractivity contribution >= 4 is 11.9 Å². The summed E-state index contributed by atoms with van der Waals surface area (Å²) in [5.41, 5.74) is 1.47. The Morgan fingerprint density at radius 1 is 1.09 bits per heavy atom. The van der Waals surface area contributed by atoms with Crippen molar-refractivity contribution in [2.24, 2.45) is 0 Å². The largest absolute Gasteiger partial charge is 0.379 e. The van der Waals surface area contributed by atoms with Gasteiger partial charge in [0, 0.05) is 56.4 Å². The second-order valence-corrected chi connectivity index (χ2v) is 9.08. The van der Waals surface area contributed by atoms with Crippen molar-refractivity contribution in [1.82, 2.24) is 25.2 Å². The van der Waals surface area contributed by atoms with E-state index in [1.807, 2.05) is 24.4 Å². The van der Waals surface area contributed by atoms with Gasteiger partial charge in [0.25, 0.3) is 0 Å². The summed E-state index contributed by atoms with van der Waals surface area (Å²) < 4.78 is 5.56. The number of nitrogens with one attached hydrogen (secondary N) is 1. The van der Waals surface area contributed by atoms with Crippen molar-refractivity contribution in [3.05, 3.63) is 36.8 Å². The number of anilines is 1. The van der Waals surface area contributed by atoms with Gasteiger partial charge in [-0.15, -0.1) is 0 Å². The van der Waals surface area contributed by atoms with Crippen LogP contribution in [0.1, 0.15) is 38.5 Å². The standard InChI is InChI=1S/C24H32N6O2/c31-22(24(8-2-1-3-9-24)30-13-15-32-16-14-30)27-20-7-12-29(18-20)23-26-11-6-21(28-23)19-5-4-10-25-17-19/h4-6,10-11,17,20H,1-3,7-9,12-16,18H2,(H,27,31). The molecule has 3 fully saturated rings. The Bertz CT molecular complexity index is 912. The van der Waals surface area contributed by atoms with E-state index in [4.69, 9.17) is 9.72 Å². The number of carbonyl (C=O) groups is 1. The van der Waals surface area contributed by atoms with Crippen molar-refractivity contribution in [2.75, 3.05) is 44.3 Å². The molecule has 2 saturated heterocycles. The quantitative estimate of drug-likeness (QED) is 0.770. The van der Waals surface area contributed by atoms with E-state index in [1.54, 1.807) is 12.4 Å². The number of amides is 1. The molecule has 0 bridgehead atoms. The Labute approximate surface area is 189 Å². The maximum Gasteiger partial charge on any atom is 0.240 e. The fraction of sp³-hybridized carbons (Fsp3) is 0.583.